The van der Waals surface area contributed by atoms with Crippen LogP contribution < -0.4 is 4.90 Å². The first-order valence-electron chi connectivity index (χ1n) is 9.47. The SMILES string of the molecule is Cc1ccccc1CN1C(=O)[C@@](O)(CC(=O)c2ccc(F)cc2)c2cc(Cl)ccc21. The maximum Gasteiger partial charge on any atom is 0.264 e. The molecule has 3 aromatic rings. The molecule has 0 fully saturated rings. The summed E-state index contributed by atoms with van der Waals surface area (Å²) in [5, 5.41) is 11.7. The van der Waals surface area contributed by atoms with Gasteiger partial charge in [-0.25, -0.2) is 4.39 Å². The van der Waals surface area contributed by atoms with Crippen LogP contribution in [0.1, 0.15) is 33.5 Å². The first-order chi connectivity index (χ1) is 14.3. The molecule has 0 spiro atoms. The number of nitrogens with zero attached hydrogens (tertiary/aromatic N) is 1. The number of Topliss-reactive ketones (excluding diaryl/α,β-unsaturated/α-hetero) is 1. The van der Waals surface area contributed by atoms with Crippen LogP contribution in [0, 0.1) is 12.7 Å². The Labute approximate surface area is 178 Å². The summed E-state index contributed by atoms with van der Waals surface area (Å²) >= 11 is 6.13. The van der Waals surface area contributed by atoms with Crippen LogP contribution in [0.5, 0.6) is 0 Å². The van der Waals surface area contributed by atoms with Gasteiger partial charge in [0, 0.05) is 16.1 Å². The Morgan fingerprint density at radius 3 is 2.50 bits per heavy atom. The highest BCUT2D eigenvalue weighted by molar-refractivity contribution is 6.31. The lowest BCUT2D eigenvalue weighted by Gasteiger charge is -2.23. The molecule has 0 aromatic heterocycles. The van der Waals surface area contributed by atoms with Gasteiger partial charge in [0.1, 0.15) is 5.82 Å². The molecule has 1 heterocycles. The summed E-state index contributed by atoms with van der Waals surface area (Å²) in [5.41, 5.74) is 0.929. The van der Waals surface area contributed by atoms with E-state index >= 15 is 0 Å². The molecule has 0 aliphatic carbocycles. The lowest BCUT2D eigenvalue weighted by molar-refractivity contribution is -0.136. The molecular weight excluding hydrogens is 405 g/mol. The largest absolute Gasteiger partial charge is 0.375 e. The lowest BCUT2D eigenvalue weighted by Crippen LogP contribution is -2.41. The molecule has 1 aliphatic heterocycles. The minimum absolute atomic E-state index is 0.221. The number of halogens is 2. The van der Waals surface area contributed by atoms with Crippen LogP contribution in [0.4, 0.5) is 10.1 Å². The van der Waals surface area contributed by atoms with Crippen molar-refractivity contribution < 1.29 is 19.1 Å². The second kappa shape index (κ2) is 7.67. The Bertz CT molecular complexity index is 1150. The van der Waals surface area contributed by atoms with Crippen molar-refractivity contribution in [3.63, 3.8) is 0 Å². The molecule has 3 aromatic carbocycles. The molecule has 1 aliphatic rings. The van der Waals surface area contributed by atoms with Gasteiger partial charge in [0.05, 0.1) is 18.7 Å². The molecule has 0 unspecified atom stereocenters. The van der Waals surface area contributed by atoms with Crippen LogP contribution in [-0.2, 0) is 16.9 Å². The number of aliphatic hydroxyl groups is 1. The monoisotopic (exact) mass is 423 g/mol. The van der Waals surface area contributed by atoms with Crippen LogP contribution in [0.3, 0.4) is 0 Å². The second-order valence-corrected chi connectivity index (χ2v) is 7.88. The van der Waals surface area contributed by atoms with Gasteiger partial charge in [0.2, 0.25) is 0 Å². The highest BCUT2D eigenvalue weighted by atomic mass is 35.5. The summed E-state index contributed by atoms with van der Waals surface area (Å²) in [6.07, 6.45) is -0.463. The van der Waals surface area contributed by atoms with Crippen molar-refractivity contribution in [3.05, 3.63) is 99.8 Å². The van der Waals surface area contributed by atoms with Gasteiger partial charge in [-0.05, 0) is 60.5 Å². The zero-order valence-electron chi connectivity index (χ0n) is 16.2. The van der Waals surface area contributed by atoms with E-state index in [-0.39, 0.29) is 12.1 Å². The van der Waals surface area contributed by atoms with Crippen molar-refractivity contribution in [2.24, 2.45) is 0 Å². The van der Waals surface area contributed by atoms with Crippen molar-refractivity contribution in [2.45, 2.75) is 25.5 Å². The van der Waals surface area contributed by atoms with Crippen molar-refractivity contribution in [1.82, 2.24) is 0 Å². The van der Waals surface area contributed by atoms with Gasteiger partial charge in [0.15, 0.2) is 11.4 Å². The van der Waals surface area contributed by atoms with Gasteiger partial charge < -0.3 is 10.0 Å². The zero-order chi connectivity index (χ0) is 21.5. The van der Waals surface area contributed by atoms with E-state index in [1.807, 2.05) is 31.2 Å². The van der Waals surface area contributed by atoms with Crippen molar-refractivity contribution >= 4 is 29.0 Å². The molecule has 1 atom stereocenters. The normalized spacial score (nSPS) is 17.9. The van der Waals surface area contributed by atoms with Crippen LogP contribution in [0.2, 0.25) is 5.02 Å². The van der Waals surface area contributed by atoms with Gasteiger partial charge in [-0.2, -0.15) is 0 Å². The van der Waals surface area contributed by atoms with E-state index in [1.54, 1.807) is 12.1 Å². The number of hydrogen-bond acceptors (Lipinski definition) is 3. The van der Waals surface area contributed by atoms with E-state index in [2.05, 4.69) is 0 Å². The molecule has 0 bridgehead atoms. The molecule has 0 radical (unpaired) electrons. The van der Waals surface area contributed by atoms with Crippen molar-refractivity contribution in [1.29, 1.82) is 0 Å². The smallest absolute Gasteiger partial charge is 0.264 e. The average molecular weight is 424 g/mol. The van der Waals surface area contributed by atoms with Crippen LogP contribution >= 0.6 is 11.6 Å². The standard InChI is InChI=1S/C24H19ClFNO3/c1-15-4-2-3-5-17(15)14-27-21-11-8-18(25)12-20(21)24(30,23(27)29)13-22(28)16-6-9-19(26)10-7-16/h2-12,30H,13-14H2,1H3/t24-/m1/s1. The Balaban J connectivity index is 1.72. The molecule has 1 N–H and O–H groups in total. The molecular formula is C24H19ClFNO3. The molecule has 0 saturated carbocycles. The molecule has 30 heavy (non-hydrogen) atoms. The predicted octanol–water partition coefficient (Wildman–Crippen LogP) is 4.79. The zero-order valence-corrected chi connectivity index (χ0v) is 17.0. The third-order valence-electron chi connectivity index (χ3n) is 5.47. The number of anilines is 1. The third kappa shape index (κ3) is 3.51. The number of hydrogen-bond donors (Lipinski definition) is 1. The fraction of sp³-hybridized carbons (Fsp3) is 0.167. The minimum atomic E-state index is -2.05. The van der Waals surface area contributed by atoms with Crippen molar-refractivity contribution in [2.75, 3.05) is 4.90 Å². The van der Waals surface area contributed by atoms with Crippen LogP contribution in [0.25, 0.3) is 0 Å². The van der Waals surface area contributed by atoms with Crippen LogP contribution in [-0.4, -0.2) is 16.8 Å². The highest BCUT2D eigenvalue weighted by Crippen LogP contribution is 2.44. The van der Waals surface area contributed by atoms with Gasteiger partial charge in [-0.15, -0.1) is 0 Å². The Hall–Kier alpha value is -3.02. The summed E-state index contributed by atoms with van der Waals surface area (Å²) in [4.78, 5) is 27.6. The molecule has 152 valence electrons. The summed E-state index contributed by atoms with van der Waals surface area (Å²) in [5.74, 6) is -1.52. The topological polar surface area (TPSA) is 57.6 Å². The van der Waals surface area contributed by atoms with E-state index in [0.29, 0.717) is 16.3 Å². The van der Waals surface area contributed by atoms with E-state index in [0.717, 1.165) is 11.1 Å². The summed E-state index contributed by atoms with van der Waals surface area (Å²) in [7, 11) is 0. The molecule has 1 amide bonds. The Kier molecular flexibility index (Phi) is 5.18. The Morgan fingerprint density at radius 2 is 1.80 bits per heavy atom. The van der Waals surface area contributed by atoms with Gasteiger partial charge in [0.25, 0.3) is 5.91 Å². The first kappa shape index (κ1) is 20.3. The second-order valence-electron chi connectivity index (χ2n) is 7.45. The number of amides is 1. The van der Waals surface area contributed by atoms with E-state index in [1.165, 1.54) is 35.2 Å². The minimum Gasteiger partial charge on any atom is -0.375 e. The molecule has 0 saturated heterocycles. The average Bonchev–Trinajstić information content (AvgIpc) is 2.91. The van der Waals surface area contributed by atoms with Crippen molar-refractivity contribution in [3.8, 4) is 0 Å². The first-order valence-corrected chi connectivity index (χ1v) is 9.85. The summed E-state index contributed by atoms with van der Waals surface area (Å²) < 4.78 is 13.2. The maximum atomic E-state index is 13.4. The van der Waals surface area contributed by atoms with Gasteiger partial charge in [-0.3, -0.25) is 9.59 Å². The number of aryl methyl sites for hydroxylation is 1. The number of carbonyl (C=O) groups excluding carboxylic acids is 2. The highest BCUT2D eigenvalue weighted by Gasteiger charge is 2.51. The molecule has 6 heteroatoms. The summed E-state index contributed by atoms with van der Waals surface area (Å²) in [6, 6.07) is 17.5. The predicted molar refractivity (Wildman–Crippen MR) is 113 cm³/mol. The fourth-order valence-electron chi connectivity index (χ4n) is 3.78. The number of ketones is 1. The number of fused-ring (bicyclic) bond motifs is 1. The lowest BCUT2D eigenvalue weighted by atomic mass is 9.88. The number of benzene rings is 3. The van der Waals surface area contributed by atoms with Gasteiger partial charge in [-0.1, -0.05) is 35.9 Å². The molecule has 4 rings (SSSR count). The Morgan fingerprint density at radius 1 is 1.10 bits per heavy atom. The third-order valence-corrected chi connectivity index (χ3v) is 5.70. The quantitative estimate of drug-likeness (QED) is 0.600. The van der Waals surface area contributed by atoms with Gasteiger partial charge >= 0.3 is 0 Å². The fourth-order valence-corrected chi connectivity index (χ4v) is 3.95. The van der Waals surface area contributed by atoms with E-state index in [9.17, 15) is 19.1 Å². The summed E-state index contributed by atoms with van der Waals surface area (Å²) in [6.45, 7) is 2.20. The number of carbonyl (C=O) groups is 2. The number of rotatable bonds is 5. The van der Waals surface area contributed by atoms with E-state index < -0.39 is 29.5 Å². The van der Waals surface area contributed by atoms with E-state index in [4.69, 9.17) is 11.6 Å². The van der Waals surface area contributed by atoms with Crippen LogP contribution in [0.15, 0.2) is 66.7 Å². The maximum absolute atomic E-state index is 13.4. The molecule has 4 nitrogen and oxygen atoms in total.